The molecule has 0 aliphatic carbocycles. The number of hydrogen-bond donors (Lipinski definition) is 2. The van der Waals surface area contributed by atoms with E-state index in [0.29, 0.717) is 0 Å². The van der Waals surface area contributed by atoms with Gasteiger partial charge in [-0.2, -0.15) is 4.31 Å². The van der Waals surface area contributed by atoms with E-state index in [1.807, 2.05) is 13.8 Å². The van der Waals surface area contributed by atoms with Crippen LogP contribution in [0.15, 0.2) is 29.2 Å². The summed E-state index contributed by atoms with van der Waals surface area (Å²) < 4.78 is 45.3. The van der Waals surface area contributed by atoms with E-state index in [9.17, 15) is 22.4 Å². The van der Waals surface area contributed by atoms with E-state index in [1.165, 1.54) is 18.2 Å². The van der Waals surface area contributed by atoms with Gasteiger partial charge in [-0.15, -0.1) is 0 Å². The highest BCUT2D eigenvalue weighted by Gasteiger charge is 2.33. The lowest BCUT2D eigenvalue weighted by atomic mass is 10.0. The first-order valence-electron chi connectivity index (χ1n) is 9.06. The number of carbonyl (C=O) groups is 2. The number of benzene rings is 1. The Kier molecular flexibility index (Phi) is 7.36. The monoisotopic (exact) mass is 416 g/mol. The second-order valence-electron chi connectivity index (χ2n) is 7.10. The van der Waals surface area contributed by atoms with Gasteiger partial charge < -0.3 is 15.2 Å². The molecule has 1 aliphatic heterocycles. The number of carbonyl (C=O) groups excluding carboxylic acids is 1. The van der Waals surface area contributed by atoms with Crippen molar-refractivity contribution in [3.8, 4) is 0 Å². The van der Waals surface area contributed by atoms with Gasteiger partial charge in [0.1, 0.15) is 22.9 Å². The van der Waals surface area contributed by atoms with Crippen molar-refractivity contribution in [2.24, 2.45) is 5.92 Å². The average molecular weight is 416 g/mol. The van der Waals surface area contributed by atoms with Crippen molar-refractivity contribution >= 4 is 22.1 Å². The second kappa shape index (κ2) is 9.33. The summed E-state index contributed by atoms with van der Waals surface area (Å²) in [5, 5.41) is 11.5. The minimum atomic E-state index is -3.96. The Hall–Kier alpha value is -2.20. The minimum absolute atomic E-state index is 0.0724. The lowest BCUT2D eigenvalue weighted by molar-refractivity contribution is -0.139. The van der Waals surface area contributed by atoms with Crippen molar-refractivity contribution < 1.29 is 32.2 Å². The molecule has 1 saturated heterocycles. The van der Waals surface area contributed by atoms with Gasteiger partial charge in [0, 0.05) is 13.1 Å². The molecule has 1 fully saturated rings. The van der Waals surface area contributed by atoms with Crippen LogP contribution >= 0.6 is 0 Å². The molecule has 0 bridgehead atoms. The quantitative estimate of drug-likeness (QED) is 0.705. The lowest BCUT2D eigenvalue weighted by Gasteiger charge is -2.31. The number of nitrogens with zero attached hydrogens (tertiary/aromatic N) is 1. The number of rotatable bonds is 7. The first kappa shape index (κ1) is 22.1. The maximum absolute atomic E-state index is 13.8. The van der Waals surface area contributed by atoms with Crippen LogP contribution in [0, 0.1) is 11.7 Å². The van der Waals surface area contributed by atoms with E-state index < -0.39 is 40.0 Å². The zero-order valence-electron chi connectivity index (χ0n) is 15.8. The van der Waals surface area contributed by atoms with Gasteiger partial charge in [-0.25, -0.2) is 22.4 Å². The Bertz CT molecular complexity index is 806. The SMILES string of the molecule is CC(C)CC(NC(=O)OC1CCN(S(=O)(=O)c2ccccc2F)CC1)C(=O)O. The normalized spacial score (nSPS) is 17.3. The highest BCUT2D eigenvalue weighted by molar-refractivity contribution is 7.89. The van der Waals surface area contributed by atoms with Gasteiger partial charge in [-0.05, 0) is 37.3 Å². The standard InChI is InChI=1S/C18H25FN2O6S/c1-12(2)11-15(17(22)23)20-18(24)27-13-7-9-21(10-8-13)28(25,26)16-6-4-3-5-14(16)19/h3-6,12-13,15H,7-11H2,1-2H3,(H,20,24)(H,22,23). The molecule has 156 valence electrons. The lowest BCUT2D eigenvalue weighted by Crippen LogP contribution is -2.45. The number of carboxylic acids is 1. The topological polar surface area (TPSA) is 113 Å². The molecular weight excluding hydrogens is 391 g/mol. The first-order valence-corrected chi connectivity index (χ1v) is 10.5. The number of sulfonamides is 1. The number of ether oxygens (including phenoxy) is 1. The van der Waals surface area contributed by atoms with E-state index >= 15 is 0 Å². The Balaban J connectivity index is 1.91. The van der Waals surface area contributed by atoms with Crippen molar-refractivity contribution in [2.45, 2.75) is 50.2 Å². The van der Waals surface area contributed by atoms with Crippen LogP contribution in [0.25, 0.3) is 0 Å². The highest BCUT2D eigenvalue weighted by Crippen LogP contribution is 2.24. The van der Waals surface area contributed by atoms with Crippen LogP contribution in [0.2, 0.25) is 0 Å². The number of hydrogen-bond acceptors (Lipinski definition) is 5. The highest BCUT2D eigenvalue weighted by atomic mass is 32.2. The van der Waals surface area contributed by atoms with E-state index in [0.717, 1.165) is 10.4 Å². The molecule has 2 N–H and O–H groups in total. The smallest absolute Gasteiger partial charge is 0.408 e. The van der Waals surface area contributed by atoms with Gasteiger partial charge >= 0.3 is 12.1 Å². The largest absolute Gasteiger partial charge is 0.480 e. The number of nitrogens with one attached hydrogen (secondary N) is 1. The molecule has 1 unspecified atom stereocenters. The Morgan fingerprint density at radius 1 is 1.29 bits per heavy atom. The molecule has 1 aromatic rings. The van der Waals surface area contributed by atoms with Gasteiger partial charge in [0.05, 0.1) is 0 Å². The first-order chi connectivity index (χ1) is 13.1. The summed E-state index contributed by atoms with van der Waals surface area (Å²) in [6.07, 6.45) is -0.639. The van der Waals surface area contributed by atoms with Crippen LogP contribution in [0.1, 0.15) is 33.1 Å². The third kappa shape index (κ3) is 5.65. The summed E-state index contributed by atoms with van der Waals surface area (Å²) in [7, 11) is -3.96. The number of piperidine rings is 1. The molecule has 0 saturated carbocycles. The molecule has 0 spiro atoms. The van der Waals surface area contributed by atoms with Crippen molar-refractivity contribution in [3.63, 3.8) is 0 Å². The molecule has 2 rings (SSSR count). The summed E-state index contributed by atoms with van der Waals surface area (Å²) >= 11 is 0. The van der Waals surface area contributed by atoms with Crippen LogP contribution in [0.3, 0.4) is 0 Å². The van der Waals surface area contributed by atoms with Crippen LogP contribution in [0.5, 0.6) is 0 Å². The molecule has 8 nitrogen and oxygen atoms in total. The van der Waals surface area contributed by atoms with Gasteiger partial charge in [0.2, 0.25) is 10.0 Å². The molecule has 0 radical (unpaired) electrons. The number of halogens is 1. The molecular formula is C18H25FN2O6S. The molecule has 1 aliphatic rings. The average Bonchev–Trinajstić information content (AvgIpc) is 2.61. The maximum Gasteiger partial charge on any atom is 0.408 e. The second-order valence-corrected chi connectivity index (χ2v) is 9.01. The molecule has 0 aromatic heterocycles. The van der Waals surface area contributed by atoms with Crippen molar-refractivity contribution in [3.05, 3.63) is 30.1 Å². The number of alkyl carbamates (subject to hydrolysis) is 1. The molecule has 1 heterocycles. The fourth-order valence-electron chi connectivity index (χ4n) is 3.00. The summed E-state index contributed by atoms with van der Waals surface area (Å²) in [5.41, 5.74) is 0. The zero-order chi connectivity index (χ0) is 20.9. The maximum atomic E-state index is 13.8. The molecule has 1 atom stereocenters. The zero-order valence-corrected chi connectivity index (χ0v) is 16.6. The van der Waals surface area contributed by atoms with Crippen molar-refractivity contribution in [1.29, 1.82) is 0 Å². The number of aliphatic carboxylic acids is 1. The van der Waals surface area contributed by atoms with Gasteiger partial charge in [0.25, 0.3) is 0 Å². The molecule has 1 amide bonds. The summed E-state index contributed by atoms with van der Waals surface area (Å²) in [5.74, 6) is -1.88. The van der Waals surface area contributed by atoms with E-state index in [1.54, 1.807) is 0 Å². The summed E-state index contributed by atoms with van der Waals surface area (Å²) in [6.45, 7) is 3.83. The Labute approximate surface area is 163 Å². The minimum Gasteiger partial charge on any atom is -0.480 e. The fraction of sp³-hybridized carbons (Fsp3) is 0.556. The van der Waals surface area contributed by atoms with Gasteiger partial charge in [0.15, 0.2) is 0 Å². The molecule has 28 heavy (non-hydrogen) atoms. The van der Waals surface area contributed by atoms with Gasteiger partial charge in [-0.3, -0.25) is 0 Å². The van der Waals surface area contributed by atoms with E-state index in [-0.39, 0.29) is 43.2 Å². The van der Waals surface area contributed by atoms with Crippen LogP contribution in [-0.4, -0.2) is 55.1 Å². The third-order valence-corrected chi connectivity index (χ3v) is 6.36. The van der Waals surface area contributed by atoms with Gasteiger partial charge in [-0.1, -0.05) is 26.0 Å². The number of carboxylic acid groups (broad SMARTS) is 1. The summed E-state index contributed by atoms with van der Waals surface area (Å²) in [6, 6.07) is 4.11. The number of amides is 1. The van der Waals surface area contributed by atoms with Crippen LogP contribution in [-0.2, 0) is 19.6 Å². The van der Waals surface area contributed by atoms with E-state index in [4.69, 9.17) is 9.84 Å². The van der Waals surface area contributed by atoms with Crippen LogP contribution < -0.4 is 5.32 Å². The molecule has 1 aromatic carbocycles. The van der Waals surface area contributed by atoms with Crippen LogP contribution in [0.4, 0.5) is 9.18 Å². The Morgan fingerprint density at radius 3 is 2.43 bits per heavy atom. The fourth-order valence-corrected chi connectivity index (χ4v) is 4.54. The third-order valence-electron chi connectivity index (χ3n) is 4.43. The van der Waals surface area contributed by atoms with E-state index in [2.05, 4.69) is 5.32 Å². The van der Waals surface area contributed by atoms with Crippen molar-refractivity contribution in [1.82, 2.24) is 9.62 Å². The predicted molar refractivity (Wildman–Crippen MR) is 98.7 cm³/mol. The predicted octanol–water partition coefficient (Wildman–Crippen LogP) is 2.20. The van der Waals surface area contributed by atoms with Crippen molar-refractivity contribution in [2.75, 3.05) is 13.1 Å². The molecule has 10 heteroatoms. The Morgan fingerprint density at radius 2 is 1.89 bits per heavy atom. The summed E-state index contributed by atoms with van der Waals surface area (Å²) in [4.78, 5) is 22.8.